The Labute approximate surface area is 116 Å². The van der Waals surface area contributed by atoms with E-state index < -0.39 is 0 Å². The highest BCUT2D eigenvalue weighted by molar-refractivity contribution is 5.78. The summed E-state index contributed by atoms with van der Waals surface area (Å²) in [6, 6.07) is 0. The molecule has 0 aromatic heterocycles. The van der Waals surface area contributed by atoms with E-state index in [-0.39, 0.29) is 11.8 Å². The Kier molecular flexibility index (Phi) is 7.30. The molecule has 6 nitrogen and oxygen atoms in total. The van der Waals surface area contributed by atoms with Gasteiger partial charge in [0.1, 0.15) is 0 Å². The normalized spacial score (nSPS) is 20.6. The Morgan fingerprint density at radius 1 is 1.21 bits per heavy atom. The molecule has 1 unspecified atom stereocenters. The number of hydrogen-bond donors (Lipinski definition) is 1. The Balaban J connectivity index is 2.29. The van der Waals surface area contributed by atoms with Crippen LogP contribution in [0.3, 0.4) is 0 Å². The lowest BCUT2D eigenvalue weighted by Crippen LogP contribution is -2.53. The van der Waals surface area contributed by atoms with Crippen molar-refractivity contribution in [2.45, 2.75) is 19.3 Å². The molecule has 0 aromatic carbocycles. The fraction of sp³-hybridized carbons (Fsp3) is 0.923. The fourth-order valence-electron chi connectivity index (χ4n) is 2.11. The SMILES string of the molecule is CN(C)CCCC1CONN(CCCN(C)C)C1=O. The predicted molar refractivity (Wildman–Crippen MR) is 75.2 cm³/mol. The summed E-state index contributed by atoms with van der Waals surface area (Å²) in [7, 11) is 8.17. The molecule has 1 atom stereocenters. The van der Waals surface area contributed by atoms with Crippen molar-refractivity contribution in [3.63, 3.8) is 0 Å². The van der Waals surface area contributed by atoms with E-state index in [0.717, 1.165) is 32.4 Å². The molecule has 1 N–H and O–H groups in total. The molecular formula is C13H28N4O2. The van der Waals surface area contributed by atoms with Gasteiger partial charge in [0.05, 0.1) is 12.5 Å². The van der Waals surface area contributed by atoms with E-state index in [1.165, 1.54) is 0 Å². The largest absolute Gasteiger partial charge is 0.309 e. The van der Waals surface area contributed by atoms with Crippen LogP contribution in [0.4, 0.5) is 0 Å². The number of nitrogens with zero attached hydrogens (tertiary/aromatic N) is 3. The zero-order chi connectivity index (χ0) is 14.3. The molecule has 1 aliphatic rings. The smallest absolute Gasteiger partial charge is 0.243 e. The van der Waals surface area contributed by atoms with Gasteiger partial charge in [-0.05, 0) is 60.5 Å². The van der Waals surface area contributed by atoms with Crippen LogP contribution < -0.4 is 5.59 Å². The lowest BCUT2D eigenvalue weighted by Gasteiger charge is -2.32. The van der Waals surface area contributed by atoms with Crippen LogP contribution in [0, 0.1) is 5.92 Å². The van der Waals surface area contributed by atoms with Crippen LogP contribution in [0.1, 0.15) is 19.3 Å². The summed E-state index contributed by atoms with van der Waals surface area (Å²) in [5.74, 6) is 0.171. The van der Waals surface area contributed by atoms with E-state index in [9.17, 15) is 4.79 Å². The Morgan fingerprint density at radius 2 is 1.84 bits per heavy atom. The van der Waals surface area contributed by atoms with Crippen LogP contribution in [-0.2, 0) is 9.63 Å². The van der Waals surface area contributed by atoms with Gasteiger partial charge in [0, 0.05) is 6.54 Å². The van der Waals surface area contributed by atoms with E-state index in [0.29, 0.717) is 13.2 Å². The van der Waals surface area contributed by atoms with Gasteiger partial charge >= 0.3 is 0 Å². The standard InChI is InChI=1S/C13H28N4O2/c1-15(2)8-5-7-12-11-19-14-17(13(12)18)10-6-9-16(3)4/h12,14H,5-11H2,1-4H3. The highest BCUT2D eigenvalue weighted by atomic mass is 16.7. The minimum atomic E-state index is 0.000515. The zero-order valence-corrected chi connectivity index (χ0v) is 12.7. The van der Waals surface area contributed by atoms with Crippen molar-refractivity contribution in [1.29, 1.82) is 0 Å². The van der Waals surface area contributed by atoms with Gasteiger partial charge < -0.3 is 9.80 Å². The van der Waals surface area contributed by atoms with Crippen molar-refractivity contribution < 1.29 is 9.63 Å². The maximum absolute atomic E-state index is 12.2. The molecule has 1 saturated heterocycles. The number of carbonyl (C=O) groups excluding carboxylic acids is 1. The van der Waals surface area contributed by atoms with E-state index >= 15 is 0 Å². The highest BCUT2D eigenvalue weighted by Gasteiger charge is 2.28. The van der Waals surface area contributed by atoms with Crippen LogP contribution in [0.5, 0.6) is 0 Å². The predicted octanol–water partition coefficient (Wildman–Crippen LogP) is 0.175. The minimum Gasteiger partial charge on any atom is -0.309 e. The van der Waals surface area contributed by atoms with Gasteiger partial charge in [0.15, 0.2) is 0 Å². The first-order chi connectivity index (χ1) is 9.00. The van der Waals surface area contributed by atoms with E-state index in [4.69, 9.17) is 4.84 Å². The number of carbonyl (C=O) groups is 1. The Morgan fingerprint density at radius 3 is 2.47 bits per heavy atom. The quantitative estimate of drug-likeness (QED) is 0.683. The molecule has 19 heavy (non-hydrogen) atoms. The highest BCUT2D eigenvalue weighted by Crippen LogP contribution is 2.14. The van der Waals surface area contributed by atoms with Crippen molar-refractivity contribution in [2.75, 3.05) is 54.4 Å². The fourth-order valence-corrected chi connectivity index (χ4v) is 2.11. The van der Waals surface area contributed by atoms with E-state index in [1.807, 2.05) is 28.2 Å². The van der Waals surface area contributed by atoms with Gasteiger partial charge in [-0.2, -0.15) is 0 Å². The molecule has 1 rings (SSSR count). The first kappa shape index (κ1) is 16.4. The van der Waals surface area contributed by atoms with E-state index in [1.54, 1.807) is 5.01 Å². The van der Waals surface area contributed by atoms with Crippen LogP contribution in [0.2, 0.25) is 0 Å². The first-order valence-electron chi connectivity index (χ1n) is 6.99. The lowest BCUT2D eigenvalue weighted by molar-refractivity contribution is -0.180. The van der Waals surface area contributed by atoms with Gasteiger partial charge in [0.2, 0.25) is 5.91 Å². The summed E-state index contributed by atoms with van der Waals surface area (Å²) < 4.78 is 0. The summed E-state index contributed by atoms with van der Waals surface area (Å²) in [4.78, 5) is 21.8. The molecule has 1 heterocycles. The maximum atomic E-state index is 12.2. The van der Waals surface area contributed by atoms with Crippen molar-refractivity contribution in [2.24, 2.45) is 5.92 Å². The van der Waals surface area contributed by atoms with Gasteiger partial charge in [-0.1, -0.05) is 0 Å². The van der Waals surface area contributed by atoms with Crippen LogP contribution in [0.15, 0.2) is 0 Å². The van der Waals surface area contributed by atoms with Crippen molar-refractivity contribution in [3.05, 3.63) is 0 Å². The minimum absolute atomic E-state index is 0.000515. The molecule has 0 saturated carbocycles. The Bertz CT molecular complexity index is 247. The van der Waals surface area contributed by atoms with Crippen molar-refractivity contribution >= 4 is 5.91 Å². The molecule has 1 aliphatic heterocycles. The number of amides is 1. The van der Waals surface area contributed by atoms with Gasteiger partial charge in [-0.25, -0.2) is 0 Å². The van der Waals surface area contributed by atoms with Gasteiger partial charge in [-0.3, -0.25) is 14.6 Å². The number of hydrazine groups is 1. The second-order valence-corrected chi connectivity index (χ2v) is 5.69. The molecule has 6 heteroatoms. The average molecular weight is 272 g/mol. The molecule has 0 aliphatic carbocycles. The van der Waals surface area contributed by atoms with Crippen LogP contribution >= 0.6 is 0 Å². The molecule has 0 bridgehead atoms. The van der Waals surface area contributed by atoms with Gasteiger partial charge in [-0.15, -0.1) is 5.59 Å². The summed E-state index contributed by atoms with van der Waals surface area (Å²) >= 11 is 0. The first-order valence-corrected chi connectivity index (χ1v) is 6.99. The number of hydrogen-bond acceptors (Lipinski definition) is 5. The average Bonchev–Trinajstić information content (AvgIpc) is 2.32. The third-order valence-electron chi connectivity index (χ3n) is 3.22. The molecule has 0 spiro atoms. The number of nitrogens with one attached hydrogen (secondary N) is 1. The maximum Gasteiger partial charge on any atom is 0.243 e. The molecule has 1 fully saturated rings. The third kappa shape index (κ3) is 6.33. The van der Waals surface area contributed by atoms with E-state index in [2.05, 4.69) is 15.4 Å². The number of rotatable bonds is 8. The monoisotopic (exact) mass is 272 g/mol. The molecule has 1 amide bonds. The van der Waals surface area contributed by atoms with Crippen LogP contribution in [0.25, 0.3) is 0 Å². The lowest BCUT2D eigenvalue weighted by atomic mass is 10.0. The van der Waals surface area contributed by atoms with Crippen LogP contribution in [-0.4, -0.2) is 75.1 Å². The molecule has 0 aromatic rings. The topological polar surface area (TPSA) is 48.1 Å². The van der Waals surface area contributed by atoms with Crippen molar-refractivity contribution in [3.8, 4) is 0 Å². The zero-order valence-electron chi connectivity index (χ0n) is 12.7. The summed E-state index contributed by atoms with van der Waals surface area (Å²) in [6.07, 6.45) is 2.86. The second-order valence-electron chi connectivity index (χ2n) is 5.69. The third-order valence-corrected chi connectivity index (χ3v) is 3.22. The molecular weight excluding hydrogens is 244 g/mol. The summed E-state index contributed by atoms with van der Waals surface area (Å²) in [5.41, 5.74) is 2.73. The second kappa shape index (κ2) is 8.47. The Hall–Kier alpha value is -0.690. The molecule has 0 radical (unpaired) electrons. The van der Waals surface area contributed by atoms with Gasteiger partial charge in [0.25, 0.3) is 0 Å². The summed E-state index contributed by atoms with van der Waals surface area (Å²) in [5, 5.41) is 1.62. The van der Waals surface area contributed by atoms with Crippen molar-refractivity contribution in [1.82, 2.24) is 20.4 Å². The molecule has 112 valence electrons. The summed E-state index contributed by atoms with van der Waals surface area (Å²) in [6.45, 7) is 3.16.